The van der Waals surface area contributed by atoms with E-state index in [9.17, 15) is 13.6 Å². The number of ether oxygens (including phenoxy) is 1. The monoisotopic (exact) mass is 374 g/mol. The number of fused-ring (bicyclic) bond motifs is 1. The van der Waals surface area contributed by atoms with Crippen LogP contribution in [0, 0.1) is 25.5 Å². The summed E-state index contributed by atoms with van der Waals surface area (Å²) >= 11 is 1.60. The molecular weight excluding hydrogens is 358 g/mol. The lowest BCUT2D eigenvalue weighted by molar-refractivity contribution is 0.0224. The van der Waals surface area contributed by atoms with E-state index < -0.39 is 29.3 Å². The molecule has 1 fully saturated rings. The Morgan fingerprint density at radius 1 is 1.15 bits per heavy atom. The average molecular weight is 374 g/mol. The number of rotatable bonds is 3. The van der Waals surface area contributed by atoms with Crippen molar-refractivity contribution in [2.24, 2.45) is 0 Å². The molecule has 2 heterocycles. The van der Waals surface area contributed by atoms with E-state index in [1.165, 1.54) is 11.6 Å². The molecule has 0 atom stereocenters. The molecule has 7 heteroatoms. The SMILES string of the molecule is Cc1ccc(C)c2sc(N3CC(OC(=O)c4c(F)cccc4F)C3)nc12. The summed E-state index contributed by atoms with van der Waals surface area (Å²) in [6.07, 6.45) is -0.407. The van der Waals surface area contributed by atoms with Gasteiger partial charge in [0.15, 0.2) is 5.13 Å². The minimum Gasteiger partial charge on any atom is -0.455 e. The highest BCUT2D eigenvalue weighted by atomic mass is 32.1. The number of esters is 1. The Bertz CT molecular complexity index is 953. The molecule has 1 saturated heterocycles. The fraction of sp³-hybridized carbons (Fsp3) is 0.263. The lowest BCUT2D eigenvalue weighted by Gasteiger charge is -2.38. The van der Waals surface area contributed by atoms with Gasteiger partial charge in [-0.2, -0.15) is 0 Å². The molecule has 0 unspecified atom stereocenters. The number of hydrogen-bond acceptors (Lipinski definition) is 5. The Labute approximate surface area is 153 Å². The molecule has 0 N–H and O–H groups in total. The molecule has 1 aliphatic rings. The molecule has 26 heavy (non-hydrogen) atoms. The number of carbonyl (C=O) groups is 1. The number of nitrogens with zero attached hydrogens (tertiary/aromatic N) is 2. The van der Waals surface area contributed by atoms with Crippen LogP contribution in [-0.4, -0.2) is 30.1 Å². The van der Waals surface area contributed by atoms with Crippen LogP contribution in [0.2, 0.25) is 0 Å². The van der Waals surface area contributed by atoms with E-state index >= 15 is 0 Å². The van der Waals surface area contributed by atoms with Gasteiger partial charge in [-0.15, -0.1) is 0 Å². The topological polar surface area (TPSA) is 42.4 Å². The smallest absolute Gasteiger partial charge is 0.344 e. The number of anilines is 1. The Morgan fingerprint density at radius 2 is 1.81 bits per heavy atom. The van der Waals surface area contributed by atoms with Crippen LogP contribution in [0.4, 0.5) is 13.9 Å². The third kappa shape index (κ3) is 2.82. The van der Waals surface area contributed by atoms with E-state index in [1.807, 2.05) is 24.8 Å². The Hall–Kier alpha value is -2.54. The number of hydrogen-bond donors (Lipinski definition) is 0. The van der Waals surface area contributed by atoms with Crippen LogP contribution in [0.3, 0.4) is 0 Å². The lowest BCUT2D eigenvalue weighted by Crippen LogP contribution is -2.53. The van der Waals surface area contributed by atoms with Gasteiger partial charge >= 0.3 is 5.97 Å². The molecular formula is C19H16F2N2O2S. The zero-order valence-electron chi connectivity index (χ0n) is 14.3. The van der Waals surface area contributed by atoms with E-state index in [4.69, 9.17) is 4.74 Å². The van der Waals surface area contributed by atoms with Crippen molar-refractivity contribution in [3.63, 3.8) is 0 Å². The van der Waals surface area contributed by atoms with Gasteiger partial charge in [-0.3, -0.25) is 0 Å². The predicted molar refractivity (Wildman–Crippen MR) is 96.9 cm³/mol. The highest BCUT2D eigenvalue weighted by molar-refractivity contribution is 7.22. The molecule has 1 aromatic heterocycles. The second-order valence-corrected chi connectivity index (χ2v) is 7.38. The highest BCUT2D eigenvalue weighted by Gasteiger charge is 2.33. The minimum atomic E-state index is -0.971. The molecule has 0 spiro atoms. The van der Waals surface area contributed by atoms with Crippen molar-refractivity contribution in [3.05, 3.63) is 58.7 Å². The van der Waals surface area contributed by atoms with Crippen molar-refractivity contribution in [2.75, 3.05) is 18.0 Å². The molecule has 134 valence electrons. The molecule has 0 bridgehead atoms. The van der Waals surface area contributed by atoms with E-state index in [-0.39, 0.29) is 0 Å². The van der Waals surface area contributed by atoms with Gasteiger partial charge < -0.3 is 9.64 Å². The Balaban J connectivity index is 1.45. The van der Waals surface area contributed by atoms with Gasteiger partial charge in [0.05, 0.1) is 23.3 Å². The number of benzene rings is 2. The van der Waals surface area contributed by atoms with E-state index in [0.29, 0.717) is 13.1 Å². The molecule has 0 aliphatic carbocycles. The summed E-state index contributed by atoms with van der Waals surface area (Å²) in [5, 5.41) is 0.863. The molecule has 1 aliphatic heterocycles. The van der Waals surface area contributed by atoms with Gasteiger partial charge in [0.25, 0.3) is 0 Å². The first-order valence-corrected chi connectivity index (χ1v) is 9.02. The first-order valence-electron chi connectivity index (χ1n) is 8.20. The second-order valence-electron chi connectivity index (χ2n) is 6.40. The standard InChI is InChI=1S/C19H16F2N2O2S/c1-10-6-7-11(2)17-16(10)22-19(26-17)23-8-12(9-23)25-18(24)15-13(20)4-3-5-14(15)21/h3-7,12H,8-9H2,1-2H3. The molecule has 0 radical (unpaired) electrons. The van der Waals surface area contributed by atoms with Crippen LogP contribution >= 0.6 is 11.3 Å². The van der Waals surface area contributed by atoms with Gasteiger partial charge in [-0.1, -0.05) is 29.5 Å². The molecule has 4 rings (SSSR count). The fourth-order valence-corrected chi connectivity index (χ4v) is 4.09. The fourth-order valence-electron chi connectivity index (χ4n) is 2.96. The summed E-state index contributed by atoms with van der Waals surface area (Å²) in [6, 6.07) is 7.41. The van der Waals surface area contributed by atoms with Crippen molar-refractivity contribution in [3.8, 4) is 0 Å². The maximum Gasteiger partial charge on any atom is 0.344 e. The van der Waals surface area contributed by atoms with E-state index in [1.54, 1.807) is 11.3 Å². The highest BCUT2D eigenvalue weighted by Crippen LogP contribution is 2.35. The normalized spacial score (nSPS) is 14.5. The van der Waals surface area contributed by atoms with Gasteiger partial charge in [0.2, 0.25) is 0 Å². The first kappa shape index (κ1) is 16.9. The maximum atomic E-state index is 13.6. The summed E-state index contributed by atoms with van der Waals surface area (Å²) in [5.41, 5.74) is 2.63. The zero-order valence-corrected chi connectivity index (χ0v) is 15.1. The van der Waals surface area contributed by atoms with E-state index in [2.05, 4.69) is 11.1 Å². The van der Waals surface area contributed by atoms with Crippen LogP contribution < -0.4 is 4.90 Å². The summed E-state index contributed by atoms with van der Waals surface area (Å²) < 4.78 is 33.7. The van der Waals surface area contributed by atoms with Crippen LogP contribution in [0.5, 0.6) is 0 Å². The second kappa shape index (κ2) is 6.32. The summed E-state index contributed by atoms with van der Waals surface area (Å²) in [7, 11) is 0. The quantitative estimate of drug-likeness (QED) is 0.643. The minimum absolute atomic E-state index is 0.407. The third-order valence-electron chi connectivity index (χ3n) is 4.49. The van der Waals surface area contributed by atoms with Crippen molar-refractivity contribution in [2.45, 2.75) is 20.0 Å². The number of aryl methyl sites for hydroxylation is 2. The van der Waals surface area contributed by atoms with Crippen molar-refractivity contribution in [1.82, 2.24) is 4.98 Å². The summed E-state index contributed by atoms with van der Waals surface area (Å²) in [4.78, 5) is 18.7. The van der Waals surface area contributed by atoms with Crippen LogP contribution in [0.15, 0.2) is 30.3 Å². The largest absolute Gasteiger partial charge is 0.455 e. The summed E-state index contributed by atoms with van der Waals surface area (Å²) in [5.74, 6) is -2.80. The number of aromatic nitrogens is 1. The van der Waals surface area contributed by atoms with Crippen molar-refractivity contribution in [1.29, 1.82) is 0 Å². The van der Waals surface area contributed by atoms with Gasteiger partial charge in [0.1, 0.15) is 23.3 Å². The number of thiazole rings is 1. The van der Waals surface area contributed by atoms with Crippen LogP contribution in [-0.2, 0) is 4.74 Å². The van der Waals surface area contributed by atoms with Crippen LogP contribution in [0.25, 0.3) is 10.2 Å². The van der Waals surface area contributed by atoms with Crippen molar-refractivity contribution < 1.29 is 18.3 Å². The predicted octanol–water partition coefficient (Wildman–Crippen LogP) is 4.24. The molecule has 3 aromatic rings. The molecule has 2 aromatic carbocycles. The molecule has 4 nitrogen and oxygen atoms in total. The number of carbonyl (C=O) groups excluding carboxylic acids is 1. The van der Waals surface area contributed by atoms with Crippen LogP contribution in [0.1, 0.15) is 21.5 Å². The van der Waals surface area contributed by atoms with Gasteiger partial charge in [-0.05, 0) is 37.1 Å². The number of halogens is 2. The van der Waals surface area contributed by atoms with E-state index in [0.717, 1.165) is 33.0 Å². The third-order valence-corrected chi connectivity index (χ3v) is 5.74. The van der Waals surface area contributed by atoms with Gasteiger partial charge in [-0.25, -0.2) is 18.6 Å². The Morgan fingerprint density at radius 3 is 2.46 bits per heavy atom. The van der Waals surface area contributed by atoms with Gasteiger partial charge in [0, 0.05) is 0 Å². The molecule has 0 amide bonds. The average Bonchev–Trinajstić information content (AvgIpc) is 3.00. The first-order chi connectivity index (χ1) is 12.4. The maximum absolute atomic E-state index is 13.6. The zero-order chi connectivity index (χ0) is 18.4. The Kier molecular flexibility index (Phi) is 4.11. The van der Waals surface area contributed by atoms with Crippen molar-refractivity contribution >= 4 is 32.7 Å². The lowest BCUT2D eigenvalue weighted by atomic mass is 10.1. The summed E-state index contributed by atoms with van der Waals surface area (Å²) in [6.45, 7) is 4.99. The molecule has 0 saturated carbocycles.